The fourth-order valence-corrected chi connectivity index (χ4v) is 6.84. The normalized spacial score (nSPS) is 14.3. The zero-order valence-electron chi connectivity index (χ0n) is 23.3. The quantitative estimate of drug-likeness (QED) is 0.169. The van der Waals surface area contributed by atoms with Gasteiger partial charge in [0.25, 0.3) is 5.89 Å². The van der Waals surface area contributed by atoms with E-state index < -0.39 is 46.2 Å². The van der Waals surface area contributed by atoms with Gasteiger partial charge in [0, 0.05) is 27.0 Å². The Morgan fingerprint density at radius 3 is 2.22 bits per heavy atom. The first-order valence-corrected chi connectivity index (χ1v) is 16.1. The molecule has 1 amide bonds. The lowest BCUT2D eigenvalue weighted by atomic mass is 9.94. The zero-order valence-corrected chi connectivity index (χ0v) is 26.3. The first kappa shape index (κ1) is 33.0. The van der Waals surface area contributed by atoms with Gasteiger partial charge in [-0.05, 0) is 67.4 Å². The number of carbonyl (C=O) groups excluding carboxylic acids is 1. The Labute approximate surface area is 270 Å². The molecule has 1 fully saturated rings. The lowest BCUT2D eigenvalue weighted by Gasteiger charge is -2.26. The molecule has 4 aromatic rings. The number of carbonyl (C=O) groups is 1. The summed E-state index contributed by atoms with van der Waals surface area (Å²) in [6.07, 6.45) is -3.52. The van der Waals surface area contributed by atoms with E-state index in [1.807, 2.05) is 0 Å². The molecule has 0 atom stereocenters. The highest BCUT2D eigenvalue weighted by atomic mass is 35.5. The van der Waals surface area contributed by atoms with Crippen molar-refractivity contribution in [1.29, 1.82) is 0 Å². The van der Waals surface area contributed by atoms with Crippen LogP contribution in [-0.2, 0) is 20.0 Å². The summed E-state index contributed by atoms with van der Waals surface area (Å²) < 4.78 is 83.2. The van der Waals surface area contributed by atoms with E-state index in [0.29, 0.717) is 24.0 Å². The SMILES string of the molecule is CCS(=O)(=O)c1ccc(N(CC(=O)Nc2cc(Cl)c(C3(c4noc(-c5ccc(F)cc5Cl)n4)CC3)c(Cl)c2)CC(F)(F)F)cc1. The number of sulfone groups is 1. The van der Waals surface area contributed by atoms with E-state index in [0.717, 1.165) is 11.0 Å². The maximum atomic E-state index is 13.5. The molecule has 1 aliphatic carbocycles. The van der Waals surface area contributed by atoms with E-state index in [1.165, 1.54) is 55.5 Å². The summed E-state index contributed by atoms with van der Waals surface area (Å²) in [5, 5.41) is 6.99. The van der Waals surface area contributed by atoms with Crippen LogP contribution in [0.3, 0.4) is 0 Å². The second kappa shape index (κ2) is 12.4. The molecular formula is C29H23Cl3F4N4O4S. The van der Waals surface area contributed by atoms with Crippen LogP contribution in [0.1, 0.15) is 31.2 Å². The van der Waals surface area contributed by atoms with Crippen molar-refractivity contribution in [2.45, 2.75) is 36.3 Å². The number of nitrogens with zero attached hydrogens (tertiary/aromatic N) is 3. The van der Waals surface area contributed by atoms with Gasteiger partial charge in [0.2, 0.25) is 5.91 Å². The van der Waals surface area contributed by atoms with Crippen LogP contribution in [0.4, 0.5) is 28.9 Å². The van der Waals surface area contributed by atoms with Crippen molar-refractivity contribution in [3.8, 4) is 11.5 Å². The molecule has 8 nitrogen and oxygen atoms in total. The number of hydrogen-bond acceptors (Lipinski definition) is 7. The third-order valence-corrected chi connectivity index (χ3v) is 9.88. The lowest BCUT2D eigenvalue weighted by Crippen LogP contribution is -2.39. The number of hydrogen-bond donors (Lipinski definition) is 1. The van der Waals surface area contributed by atoms with Crippen LogP contribution >= 0.6 is 34.8 Å². The molecule has 16 heteroatoms. The van der Waals surface area contributed by atoms with Gasteiger partial charge in [-0.2, -0.15) is 18.2 Å². The summed E-state index contributed by atoms with van der Waals surface area (Å²) in [6.45, 7) is -0.719. The molecule has 1 N–H and O–H groups in total. The minimum atomic E-state index is -4.65. The molecule has 0 unspecified atom stereocenters. The Hall–Kier alpha value is -3.39. The second-order valence-corrected chi connectivity index (χ2v) is 13.9. The minimum absolute atomic E-state index is 0.000946. The average molecular weight is 706 g/mol. The molecule has 238 valence electrons. The van der Waals surface area contributed by atoms with Gasteiger partial charge in [-0.1, -0.05) is 46.9 Å². The van der Waals surface area contributed by atoms with Gasteiger partial charge >= 0.3 is 6.18 Å². The van der Waals surface area contributed by atoms with Crippen LogP contribution < -0.4 is 10.2 Å². The van der Waals surface area contributed by atoms with E-state index in [1.54, 1.807) is 0 Å². The maximum absolute atomic E-state index is 13.5. The molecule has 0 bridgehead atoms. The third-order valence-electron chi connectivity index (χ3n) is 7.22. The number of rotatable bonds is 10. The molecule has 5 rings (SSSR count). The monoisotopic (exact) mass is 704 g/mol. The highest BCUT2D eigenvalue weighted by Crippen LogP contribution is 2.57. The summed E-state index contributed by atoms with van der Waals surface area (Å²) in [4.78, 5) is 18.1. The van der Waals surface area contributed by atoms with Crippen molar-refractivity contribution in [2.75, 3.05) is 29.1 Å². The largest absolute Gasteiger partial charge is 0.405 e. The molecule has 1 aliphatic rings. The first-order chi connectivity index (χ1) is 21.1. The molecule has 0 spiro atoms. The number of alkyl halides is 3. The van der Waals surface area contributed by atoms with E-state index in [2.05, 4.69) is 15.5 Å². The lowest BCUT2D eigenvalue weighted by molar-refractivity contribution is -0.122. The zero-order chi connectivity index (χ0) is 32.7. The molecule has 1 saturated carbocycles. The van der Waals surface area contributed by atoms with Gasteiger partial charge in [-0.25, -0.2) is 12.8 Å². The number of benzene rings is 3. The third kappa shape index (κ3) is 7.21. The van der Waals surface area contributed by atoms with Gasteiger partial charge < -0.3 is 14.7 Å². The highest BCUT2D eigenvalue weighted by Gasteiger charge is 2.52. The average Bonchev–Trinajstić information content (AvgIpc) is 3.58. The molecule has 1 heterocycles. The van der Waals surface area contributed by atoms with Gasteiger partial charge in [0.1, 0.15) is 12.4 Å². The van der Waals surface area contributed by atoms with Crippen molar-refractivity contribution in [2.24, 2.45) is 0 Å². The van der Waals surface area contributed by atoms with E-state index in [-0.39, 0.29) is 48.8 Å². The molecule has 0 aliphatic heterocycles. The van der Waals surface area contributed by atoms with Crippen LogP contribution in [0.2, 0.25) is 15.1 Å². The molecule has 3 aromatic carbocycles. The Bertz CT molecular complexity index is 1840. The van der Waals surface area contributed by atoms with Crippen molar-refractivity contribution in [3.63, 3.8) is 0 Å². The topological polar surface area (TPSA) is 105 Å². The van der Waals surface area contributed by atoms with Crippen LogP contribution in [0.5, 0.6) is 0 Å². The molecular weight excluding hydrogens is 683 g/mol. The van der Waals surface area contributed by atoms with Crippen molar-refractivity contribution in [3.05, 3.63) is 86.9 Å². The summed E-state index contributed by atoms with van der Waals surface area (Å²) >= 11 is 19.4. The summed E-state index contributed by atoms with van der Waals surface area (Å²) in [5.74, 6) is -1.15. The predicted octanol–water partition coefficient (Wildman–Crippen LogP) is 7.72. The maximum Gasteiger partial charge on any atom is 0.405 e. The predicted molar refractivity (Wildman–Crippen MR) is 162 cm³/mol. The molecule has 0 radical (unpaired) electrons. The Balaban J connectivity index is 1.35. The second-order valence-electron chi connectivity index (χ2n) is 10.4. The van der Waals surface area contributed by atoms with Gasteiger partial charge in [0.15, 0.2) is 15.7 Å². The van der Waals surface area contributed by atoms with Gasteiger partial charge in [-0.3, -0.25) is 4.79 Å². The van der Waals surface area contributed by atoms with E-state index >= 15 is 0 Å². The molecule has 0 saturated heterocycles. The Morgan fingerprint density at radius 2 is 1.67 bits per heavy atom. The van der Waals surface area contributed by atoms with Crippen LogP contribution in [0.15, 0.2) is 64.0 Å². The first-order valence-electron chi connectivity index (χ1n) is 13.4. The number of nitrogens with one attached hydrogen (secondary N) is 1. The Morgan fingerprint density at radius 1 is 1.02 bits per heavy atom. The van der Waals surface area contributed by atoms with Crippen molar-refractivity contribution < 1.29 is 35.3 Å². The van der Waals surface area contributed by atoms with Crippen LogP contribution in [0, 0.1) is 5.82 Å². The number of aromatic nitrogens is 2. The van der Waals surface area contributed by atoms with Gasteiger partial charge in [0.05, 0.1) is 33.2 Å². The summed E-state index contributed by atoms with van der Waals surface area (Å²) in [5.41, 5.74) is 0.150. The van der Waals surface area contributed by atoms with Crippen molar-refractivity contribution >= 4 is 61.9 Å². The number of anilines is 2. The fraction of sp³-hybridized carbons (Fsp3) is 0.276. The highest BCUT2D eigenvalue weighted by molar-refractivity contribution is 7.91. The molecule has 1 aromatic heterocycles. The Kier molecular flexibility index (Phi) is 9.11. The van der Waals surface area contributed by atoms with E-state index in [9.17, 15) is 30.8 Å². The smallest absolute Gasteiger partial charge is 0.353 e. The van der Waals surface area contributed by atoms with E-state index in [4.69, 9.17) is 39.3 Å². The summed E-state index contributed by atoms with van der Waals surface area (Å²) in [7, 11) is -3.57. The number of halogens is 7. The summed E-state index contributed by atoms with van der Waals surface area (Å²) in [6, 6.07) is 11.4. The minimum Gasteiger partial charge on any atom is -0.353 e. The van der Waals surface area contributed by atoms with Crippen molar-refractivity contribution in [1.82, 2.24) is 10.1 Å². The standard InChI is InChI=1S/C29H23Cl3F4N4O4S/c1-2-45(42,43)19-6-4-18(5-7-19)40(15-29(34,35)36)14-24(41)37-17-12-22(31)25(23(32)13-17)28(9-10-28)27-38-26(44-39-27)20-8-3-16(33)11-21(20)30/h3-8,11-13H,2,9-10,14-15H2,1H3,(H,37,41). The van der Waals surface area contributed by atoms with Crippen LogP contribution in [-0.4, -0.2) is 49.5 Å². The number of amides is 1. The molecule has 45 heavy (non-hydrogen) atoms. The fourth-order valence-electron chi connectivity index (χ4n) is 4.86. The van der Waals surface area contributed by atoms with Gasteiger partial charge in [-0.15, -0.1) is 0 Å². The van der Waals surface area contributed by atoms with Crippen LogP contribution in [0.25, 0.3) is 11.5 Å².